The molecule has 1 aliphatic rings. The molecule has 84 valence electrons. The van der Waals surface area contributed by atoms with Crippen molar-refractivity contribution in [1.82, 2.24) is 10.3 Å². The standard InChI is InChI=1S/C13H16N2O/c16-12-6-3-7-14-13(12)11-8-9-4-1-2-5-10(9)15-11/h1-2,4-5,8,12-16H,3,6-7H2. The first-order valence-electron chi connectivity index (χ1n) is 5.84. The van der Waals surface area contributed by atoms with Crippen molar-refractivity contribution in [2.75, 3.05) is 6.54 Å². The van der Waals surface area contributed by atoms with Crippen LogP contribution < -0.4 is 5.32 Å². The molecule has 0 amide bonds. The molecular weight excluding hydrogens is 200 g/mol. The Balaban J connectivity index is 1.98. The molecule has 1 aromatic heterocycles. The van der Waals surface area contributed by atoms with Gasteiger partial charge < -0.3 is 15.4 Å². The van der Waals surface area contributed by atoms with Gasteiger partial charge in [-0.2, -0.15) is 0 Å². The van der Waals surface area contributed by atoms with Crippen LogP contribution >= 0.6 is 0 Å². The summed E-state index contributed by atoms with van der Waals surface area (Å²) in [5.41, 5.74) is 2.23. The molecule has 0 aliphatic carbocycles. The molecule has 3 nitrogen and oxygen atoms in total. The van der Waals surface area contributed by atoms with Crippen LogP contribution in [0.5, 0.6) is 0 Å². The van der Waals surface area contributed by atoms with Crippen LogP contribution in [0.4, 0.5) is 0 Å². The lowest BCUT2D eigenvalue weighted by atomic mass is 9.99. The number of para-hydroxylation sites is 1. The molecule has 0 saturated carbocycles. The molecule has 1 aliphatic heterocycles. The first kappa shape index (κ1) is 9.87. The summed E-state index contributed by atoms with van der Waals surface area (Å²) in [7, 11) is 0. The van der Waals surface area contributed by atoms with E-state index in [-0.39, 0.29) is 12.1 Å². The van der Waals surface area contributed by atoms with Gasteiger partial charge in [-0.25, -0.2) is 0 Å². The van der Waals surface area contributed by atoms with Crippen LogP contribution in [0.2, 0.25) is 0 Å². The average molecular weight is 216 g/mol. The predicted molar refractivity (Wildman–Crippen MR) is 64.3 cm³/mol. The van der Waals surface area contributed by atoms with E-state index in [1.807, 2.05) is 12.1 Å². The highest BCUT2D eigenvalue weighted by atomic mass is 16.3. The molecule has 0 spiro atoms. The highest BCUT2D eigenvalue weighted by Crippen LogP contribution is 2.26. The molecule has 0 bridgehead atoms. The summed E-state index contributed by atoms with van der Waals surface area (Å²) in [6.45, 7) is 0.983. The van der Waals surface area contributed by atoms with Gasteiger partial charge in [-0.3, -0.25) is 0 Å². The van der Waals surface area contributed by atoms with Crippen molar-refractivity contribution in [3.8, 4) is 0 Å². The van der Waals surface area contributed by atoms with Crippen molar-refractivity contribution in [1.29, 1.82) is 0 Å². The maximum absolute atomic E-state index is 9.97. The minimum Gasteiger partial charge on any atom is -0.391 e. The second kappa shape index (κ2) is 3.92. The number of nitrogens with one attached hydrogen (secondary N) is 2. The summed E-state index contributed by atoms with van der Waals surface area (Å²) in [6, 6.07) is 10.4. The van der Waals surface area contributed by atoms with E-state index in [0.717, 1.165) is 30.6 Å². The molecule has 0 radical (unpaired) electrons. The smallest absolute Gasteiger partial charge is 0.0749 e. The van der Waals surface area contributed by atoms with E-state index < -0.39 is 0 Å². The Bertz CT molecular complexity index is 458. The third kappa shape index (κ3) is 1.62. The fourth-order valence-corrected chi connectivity index (χ4v) is 2.45. The number of aliphatic hydroxyl groups excluding tert-OH is 1. The maximum atomic E-state index is 9.97. The van der Waals surface area contributed by atoms with Gasteiger partial charge in [0.15, 0.2) is 0 Å². The largest absolute Gasteiger partial charge is 0.391 e. The fourth-order valence-electron chi connectivity index (χ4n) is 2.45. The van der Waals surface area contributed by atoms with E-state index in [9.17, 15) is 5.11 Å². The molecule has 2 heterocycles. The summed E-state index contributed by atoms with van der Waals surface area (Å²) in [4.78, 5) is 3.37. The van der Waals surface area contributed by atoms with Crippen molar-refractivity contribution in [3.05, 3.63) is 36.0 Å². The highest BCUT2D eigenvalue weighted by molar-refractivity contribution is 5.80. The number of fused-ring (bicyclic) bond motifs is 1. The lowest BCUT2D eigenvalue weighted by molar-refractivity contribution is 0.0950. The molecule has 2 unspecified atom stereocenters. The zero-order valence-electron chi connectivity index (χ0n) is 9.11. The van der Waals surface area contributed by atoms with E-state index in [2.05, 4.69) is 28.5 Å². The monoisotopic (exact) mass is 216 g/mol. The Morgan fingerprint density at radius 3 is 2.94 bits per heavy atom. The minimum atomic E-state index is -0.276. The SMILES string of the molecule is OC1CCCNC1c1cc2ccccc2[nH]1. The van der Waals surface area contributed by atoms with Crippen LogP contribution in [-0.4, -0.2) is 22.7 Å². The quantitative estimate of drug-likeness (QED) is 0.682. The zero-order valence-corrected chi connectivity index (χ0v) is 9.11. The Hall–Kier alpha value is -1.32. The van der Waals surface area contributed by atoms with Crippen LogP contribution in [0.25, 0.3) is 10.9 Å². The Kier molecular flexibility index (Phi) is 2.42. The van der Waals surface area contributed by atoms with Crippen molar-refractivity contribution in [3.63, 3.8) is 0 Å². The normalized spacial score (nSPS) is 26.1. The number of hydrogen-bond donors (Lipinski definition) is 3. The van der Waals surface area contributed by atoms with Crippen LogP contribution in [0, 0.1) is 0 Å². The lowest BCUT2D eigenvalue weighted by Gasteiger charge is -2.28. The number of rotatable bonds is 1. The van der Waals surface area contributed by atoms with E-state index in [4.69, 9.17) is 0 Å². The van der Waals surface area contributed by atoms with Crippen molar-refractivity contribution in [2.45, 2.75) is 25.0 Å². The van der Waals surface area contributed by atoms with E-state index in [0.29, 0.717) is 0 Å². The van der Waals surface area contributed by atoms with Crippen LogP contribution in [-0.2, 0) is 0 Å². The summed E-state index contributed by atoms with van der Waals surface area (Å²) >= 11 is 0. The fraction of sp³-hybridized carbons (Fsp3) is 0.385. The molecule has 2 atom stereocenters. The highest BCUT2D eigenvalue weighted by Gasteiger charge is 2.25. The predicted octanol–water partition coefficient (Wildman–Crippen LogP) is 1.95. The molecule has 3 heteroatoms. The van der Waals surface area contributed by atoms with Crippen LogP contribution in [0.1, 0.15) is 24.6 Å². The first-order chi connectivity index (χ1) is 7.84. The molecule has 3 rings (SSSR count). The Morgan fingerprint density at radius 2 is 2.12 bits per heavy atom. The van der Waals surface area contributed by atoms with Gasteiger partial charge in [-0.15, -0.1) is 0 Å². The second-order valence-corrected chi connectivity index (χ2v) is 4.45. The molecule has 1 fully saturated rings. The number of aromatic amines is 1. The summed E-state index contributed by atoms with van der Waals surface area (Å²) in [5.74, 6) is 0. The number of piperidine rings is 1. The molecule has 2 aromatic rings. The van der Waals surface area contributed by atoms with Gasteiger partial charge >= 0.3 is 0 Å². The molecular formula is C13H16N2O. The number of aromatic nitrogens is 1. The van der Waals surface area contributed by atoms with Gasteiger partial charge in [-0.1, -0.05) is 18.2 Å². The first-order valence-corrected chi connectivity index (χ1v) is 5.84. The Morgan fingerprint density at radius 1 is 1.25 bits per heavy atom. The lowest BCUT2D eigenvalue weighted by Crippen LogP contribution is -2.37. The van der Waals surface area contributed by atoms with E-state index >= 15 is 0 Å². The van der Waals surface area contributed by atoms with Crippen molar-refractivity contribution in [2.24, 2.45) is 0 Å². The number of aliphatic hydroxyl groups is 1. The second-order valence-electron chi connectivity index (χ2n) is 4.45. The molecule has 1 saturated heterocycles. The number of hydrogen-bond acceptors (Lipinski definition) is 2. The van der Waals surface area contributed by atoms with Crippen molar-refractivity contribution >= 4 is 10.9 Å². The average Bonchev–Trinajstić information content (AvgIpc) is 2.73. The number of H-pyrrole nitrogens is 1. The van der Waals surface area contributed by atoms with Crippen LogP contribution in [0.3, 0.4) is 0 Å². The summed E-state index contributed by atoms with van der Waals surface area (Å²) in [5, 5.41) is 14.5. The minimum absolute atomic E-state index is 0.0566. The van der Waals surface area contributed by atoms with E-state index in [1.54, 1.807) is 0 Å². The van der Waals surface area contributed by atoms with Crippen molar-refractivity contribution < 1.29 is 5.11 Å². The summed E-state index contributed by atoms with van der Waals surface area (Å²) in [6.07, 6.45) is 1.66. The van der Waals surface area contributed by atoms with E-state index in [1.165, 1.54) is 5.39 Å². The maximum Gasteiger partial charge on any atom is 0.0749 e. The third-order valence-corrected chi connectivity index (χ3v) is 3.31. The van der Waals surface area contributed by atoms with Gasteiger partial charge in [0.25, 0.3) is 0 Å². The molecule has 16 heavy (non-hydrogen) atoms. The van der Waals surface area contributed by atoms with Crippen LogP contribution in [0.15, 0.2) is 30.3 Å². The van der Waals surface area contributed by atoms with Gasteiger partial charge in [-0.05, 0) is 36.9 Å². The topological polar surface area (TPSA) is 48.0 Å². The summed E-state index contributed by atoms with van der Waals surface area (Å²) < 4.78 is 0. The third-order valence-electron chi connectivity index (χ3n) is 3.31. The Labute approximate surface area is 94.5 Å². The molecule has 3 N–H and O–H groups in total. The van der Waals surface area contributed by atoms with Gasteiger partial charge in [0.1, 0.15) is 0 Å². The van der Waals surface area contributed by atoms with Gasteiger partial charge in [0, 0.05) is 11.2 Å². The number of benzene rings is 1. The zero-order chi connectivity index (χ0) is 11.0. The van der Waals surface area contributed by atoms with Gasteiger partial charge in [0.05, 0.1) is 12.1 Å². The molecule has 1 aromatic carbocycles. The van der Waals surface area contributed by atoms with Gasteiger partial charge in [0.2, 0.25) is 0 Å².